The second-order valence-electron chi connectivity index (χ2n) is 4.31. The van der Waals surface area contributed by atoms with Crippen LogP contribution in [0.3, 0.4) is 0 Å². The van der Waals surface area contributed by atoms with E-state index in [1.807, 2.05) is 19.1 Å². The van der Waals surface area contributed by atoms with Crippen LogP contribution in [0.2, 0.25) is 0 Å². The van der Waals surface area contributed by atoms with Crippen molar-refractivity contribution in [1.82, 2.24) is 0 Å². The molecule has 1 rings (SSSR count). The molecule has 120 valence electrons. The monoisotopic (exact) mass is 305 g/mol. The molecule has 6 N–H and O–H groups in total. The summed E-state index contributed by atoms with van der Waals surface area (Å²) in [6, 6.07) is 4.12. The first-order valence-electron chi connectivity index (χ1n) is 6.58. The molecule has 22 heavy (non-hydrogen) atoms. The van der Waals surface area contributed by atoms with E-state index in [0.717, 1.165) is 12.7 Å². The fourth-order valence-electron chi connectivity index (χ4n) is 1.50. The molecule has 0 aliphatic carbocycles. The first kappa shape index (κ1) is 19.3. The maximum atomic E-state index is 10.0. The summed E-state index contributed by atoms with van der Waals surface area (Å²) in [7, 11) is 1.00. The molecule has 0 saturated carbocycles. The standard InChI is InChI=1S/C16H19NO3.CH4O/c1-3-4-12(6-5-11(2)17)9-15(19)13-7-8-14(18)16(20)10-13;1-2/h3-10,18-20H,17H2,1-2H3;2H,1H3/b4-3-,11-5+,12-6+,15-9-;. The Hall–Kier alpha value is -2.66. The quantitative estimate of drug-likeness (QED) is 0.334. The smallest absolute Gasteiger partial charge is 0.158 e. The molecule has 0 unspecified atom stereocenters. The van der Waals surface area contributed by atoms with E-state index in [2.05, 4.69) is 0 Å². The second-order valence-corrected chi connectivity index (χ2v) is 4.31. The Morgan fingerprint density at radius 1 is 1.09 bits per heavy atom. The molecule has 0 spiro atoms. The third-order valence-electron chi connectivity index (χ3n) is 2.47. The number of aromatic hydroxyl groups is 2. The van der Waals surface area contributed by atoms with Gasteiger partial charge in [-0.1, -0.05) is 18.2 Å². The fraction of sp³-hybridized carbons (Fsp3) is 0.176. The van der Waals surface area contributed by atoms with Gasteiger partial charge in [-0.3, -0.25) is 0 Å². The van der Waals surface area contributed by atoms with E-state index in [0.29, 0.717) is 11.3 Å². The van der Waals surface area contributed by atoms with Crippen molar-refractivity contribution in [2.75, 3.05) is 7.11 Å². The summed E-state index contributed by atoms with van der Waals surface area (Å²) in [5.74, 6) is -0.531. The van der Waals surface area contributed by atoms with Crippen molar-refractivity contribution in [2.45, 2.75) is 13.8 Å². The number of phenols is 2. The fourth-order valence-corrected chi connectivity index (χ4v) is 1.50. The van der Waals surface area contributed by atoms with Gasteiger partial charge in [0.1, 0.15) is 5.76 Å². The van der Waals surface area contributed by atoms with Gasteiger partial charge in [0.05, 0.1) is 0 Å². The van der Waals surface area contributed by atoms with Gasteiger partial charge < -0.3 is 26.2 Å². The van der Waals surface area contributed by atoms with E-state index >= 15 is 0 Å². The number of rotatable bonds is 4. The summed E-state index contributed by atoms with van der Waals surface area (Å²) in [6.45, 7) is 3.63. The minimum atomic E-state index is -0.281. The van der Waals surface area contributed by atoms with Gasteiger partial charge in [0.15, 0.2) is 11.5 Å². The Morgan fingerprint density at radius 2 is 1.73 bits per heavy atom. The molecular formula is C17H23NO4. The molecule has 0 radical (unpaired) electrons. The first-order chi connectivity index (χ1) is 10.4. The third-order valence-corrected chi connectivity index (χ3v) is 2.47. The Labute approximate surface area is 130 Å². The zero-order valence-corrected chi connectivity index (χ0v) is 13.0. The van der Waals surface area contributed by atoms with Gasteiger partial charge in [-0.15, -0.1) is 0 Å². The van der Waals surface area contributed by atoms with Crippen molar-refractivity contribution in [2.24, 2.45) is 5.73 Å². The molecule has 1 aromatic carbocycles. The highest BCUT2D eigenvalue weighted by Crippen LogP contribution is 2.27. The summed E-state index contributed by atoms with van der Waals surface area (Å²) < 4.78 is 0. The van der Waals surface area contributed by atoms with Crippen LogP contribution in [0.5, 0.6) is 11.5 Å². The molecule has 0 heterocycles. The lowest BCUT2D eigenvalue weighted by atomic mass is 10.1. The number of phenolic OH excluding ortho intramolecular Hbond substituents is 2. The molecule has 0 aliphatic heterocycles. The minimum absolute atomic E-state index is 0.0206. The van der Waals surface area contributed by atoms with E-state index in [9.17, 15) is 15.3 Å². The molecule has 0 bridgehead atoms. The molecule has 0 aromatic heterocycles. The van der Waals surface area contributed by atoms with Crippen LogP contribution in [0.15, 0.2) is 59.8 Å². The van der Waals surface area contributed by atoms with E-state index in [1.54, 1.807) is 25.2 Å². The Bertz CT molecular complexity index is 595. The second kappa shape index (κ2) is 10.1. The van der Waals surface area contributed by atoms with Crippen LogP contribution in [-0.4, -0.2) is 27.5 Å². The molecule has 0 aliphatic rings. The van der Waals surface area contributed by atoms with Gasteiger partial charge in [-0.2, -0.15) is 0 Å². The minimum Gasteiger partial charge on any atom is -0.507 e. The van der Waals surface area contributed by atoms with Crippen LogP contribution in [0.25, 0.3) is 5.76 Å². The topological polar surface area (TPSA) is 107 Å². The van der Waals surface area contributed by atoms with Crippen LogP contribution < -0.4 is 5.73 Å². The Balaban J connectivity index is 0.00000211. The average molecular weight is 305 g/mol. The maximum absolute atomic E-state index is 10.0. The van der Waals surface area contributed by atoms with Crippen molar-refractivity contribution in [1.29, 1.82) is 0 Å². The molecule has 5 nitrogen and oxygen atoms in total. The lowest BCUT2D eigenvalue weighted by molar-refractivity contribution is 0.399. The number of aliphatic hydroxyl groups excluding tert-OH is 2. The van der Waals surface area contributed by atoms with Crippen molar-refractivity contribution < 1.29 is 20.4 Å². The van der Waals surface area contributed by atoms with Crippen molar-refractivity contribution >= 4 is 5.76 Å². The molecule has 0 atom stereocenters. The molecule has 0 saturated heterocycles. The molecule has 1 aromatic rings. The van der Waals surface area contributed by atoms with Gasteiger partial charge in [0.25, 0.3) is 0 Å². The number of hydrogen-bond acceptors (Lipinski definition) is 5. The molecular weight excluding hydrogens is 282 g/mol. The number of aliphatic hydroxyl groups is 2. The number of benzene rings is 1. The largest absolute Gasteiger partial charge is 0.507 e. The van der Waals surface area contributed by atoms with E-state index in [-0.39, 0.29) is 17.3 Å². The summed E-state index contributed by atoms with van der Waals surface area (Å²) >= 11 is 0. The van der Waals surface area contributed by atoms with Crippen molar-refractivity contribution in [3.8, 4) is 11.5 Å². The molecule has 0 amide bonds. The van der Waals surface area contributed by atoms with Crippen LogP contribution in [0.1, 0.15) is 19.4 Å². The normalized spacial score (nSPS) is 13.0. The number of nitrogens with two attached hydrogens (primary N) is 1. The van der Waals surface area contributed by atoms with E-state index < -0.39 is 0 Å². The average Bonchev–Trinajstić information content (AvgIpc) is 2.49. The predicted octanol–water partition coefficient (Wildman–Crippen LogP) is 2.97. The van der Waals surface area contributed by atoms with Crippen LogP contribution in [0, 0.1) is 0 Å². The number of hydrogen-bond donors (Lipinski definition) is 5. The lowest BCUT2D eigenvalue weighted by Gasteiger charge is -2.03. The zero-order valence-electron chi connectivity index (χ0n) is 13.0. The van der Waals surface area contributed by atoms with Crippen LogP contribution in [0.4, 0.5) is 0 Å². The summed E-state index contributed by atoms with van der Waals surface area (Å²) in [6.07, 6.45) is 8.70. The zero-order chi connectivity index (χ0) is 17.1. The predicted molar refractivity (Wildman–Crippen MR) is 89.4 cm³/mol. The van der Waals surface area contributed by atoms with Gasteiger partial charge in [-0.25, -0.2) is 0 Å². The lowest BCUT2D eigenvalue weighted by Crippen LogP contribution is -1.89. The summed E-state index contributed by atoms with van der Waals surface area (Å²) in [4.78, 5) is 0. The van der Waals surface area contributed by atoms with Crippen molar-refractivity contribution in [3.63, 3.8) is 0 Å². The highest BCUT2D eigenvalue weighted by molar-refractivity contribution is 5.65. The van der Waals surface area contributed by atoms with Crippen LogP contribution >= 0.6 is 0 Å². The summed E-state index contributed by atoms with van der Waals surface area (Å²) in [5, 5.41) is 35.7. The van der Waals surface area contributed by atoms with Crippen molar-refractivity contribution in [3.05, 3.63) is 65.4 Å². The highest BCUT2D eigenvalue weighted by atomic mass is 16.3. The SMILES string of the molecule is CO.C\C=C/C(/C=C(\O)c1ccc(O)c(O)c1)=C\C=C(/C)N. The molecule has 5 heteroatoms. The highest BCUT2D eigenvalue weighted by Gasteiger charge is 2.04. The van der Waals surface area contributed by atoms with Gasteiger partial charge in [0, 0.05) is 18.4 Å². The summed E-state index contributed by atoms with van der Waals surface area (Å²) in [5.41, 5.74) is 7.38. The number of allylic oxidation sites excluding steroid dienone is 7. The molecule has 0 fully saturated rings. The van der Waals surface area contributed by atoms with E-state index in [1.165, 1.54) is 18.2 Å². The first-order valence-corrected chi connectivity index (χ1v) is 6.58. The van der Waals surface area contributed by atoms with Crippen LogP contribution in [-0.2, 0) is 0 Å². The van der Waals surface area contributed by atoms with E-state index in [4.69, 9.17) is 10.8 Å². The third kappa shape index (κ3) is 6.67. The maximum Gasteiger partial charge on any atom is 0.158 e. The Morgan fingerprint density at radius 3 is 2.23 bits per heavy atom. The van der Waals surface area contributed by atoms with Gasteiger partial charge in [0.2, 0.25) is 0 Å². The van der Waals surface area contributed by atoms with Gasteiger partial charge >= 0.3 is 0 Å². The van der Waals surface area contributed by atoms with Gasteiger partial charge in [-0.05, 0) is 49.8 Å². The Kier molecular flexibility index (Phi) is 8.90.